The number of benzene rings is 2. The highest BCUT2D eigenvalue weighted by molar-refractivity contribution is 9.10. The number of methoxy groups -OCH3 is 1. The molecule has 0 atom stereocenters. The fourth-order valence-electron chi connectivity index (χ4n) is 2.31. The molecule has 6 nitrogen and oxygen atoms in total. The molecule has 2 aromatic carbocycles. The summed E-state index contributed by atoms with van der Waals surface area (Å²) in [6.45, 7) is 1.78. The van der Waals surface area contributed by atoms with Gasteiger partial charge in [-0.05, 0) is 43.3 Å². The lowest BCUT2D eigenvalue weighted by Crippen LogP contribution is -2.15. The Morgan fingerprint density at radius 1 is 1.19 bits per heavy atom. The number of sulfonamides is 1. The number of aromatic nitrogens is 1. The number of nitrogens with one attached hydrogen (secondary N) is 1. The molecule has 0 amide bonds. The molecule has 3 rings (SSSR count). The Hall–Kier alpha value is -2.39. The summed E-state index contributed by atoms with van der Waals surface area (Å²) in [6, 6.07) is 10.2. The van der Waals surface area contributed by atoms with Crippen LogP contribution in [0, 0.1) is 12.7 Å². The van der Waals surface area contributed by atoms with Gasteiger partial charge in [-0.3, -0.25) is 4.72 Å². The minimum Gasteiger partial charge on any atom is -0.495 e. The van der Waals surface area contributed by atoms with E-state index in [1.165, 1.54) is 37.4 Å². The SMILES string of the molecule is COc1cc(-c2cc(C)no2)ccc1S(=O)(=O)Nc1ccc(Br)cc1F. The Kier molecular flexibility index (Phi) is 5.01. The molecule has 0 radical (unpaired) electrons. The molecule has 3 aromatic rings. The fraction of sp³-hybridized carbons (Fsp3) is 0.118. The Labute approximate surface area is 158 Å². The lowest BCUT2D eigenvalue weighted by atomic mass is 10.1. The first-order valence-electron chi connectivity index (χ1n) is 7.40. The van der Waals surface area contributed by atoms with E-state index in [0.29, 0.717) is 21.5 Å². The van der Waals surface area contributed by atoms with Gasteiger partial charge in [0.15, 0.2) is 5.76 Å². The molecule has 0 unspecified atom stereocenters. The third kappa shape index (κ3) is 3.73. The zero-order valence-electron chi connectivity index (χ0n) is 13.8. The molecule has 0 saturated heterocycles. The van der Waals surface area contributed by atoms with Crippen LogP contribution in [-0.2, 0) is 10.0 Å². The minimum absolute atomic E-state index is 0.0987. The number of hydrogen-bond donors (Lipinski definition) is 1. The maximum atomic E-state index is 14.0. The first kappa shape index (κ1) is 18.4. The quantitative estimate of drug-likeness (QED) is 0.637. The summed E-state index contributed by atoms with van der Waals surface area (Å²) in [4.78, 5) is -0.123. The molecule has 0 bridgehead atoms. The van der Waals surface area contributed by atoms with Crippen LogP contribution in [0.1, 0.15) is 5.69 Å². The monoisotopic (exact) mass is 440 g/mol. The minimum atomic E-state index is -4.06. The van der Waals surface area contributed by atoms with E-state index in [4.69, 9.17) is 9.26 Å². The van der Waals surface area contributed by atoms with Crippen molar-refractivity contribution in [1.29, 1.82) is 0 Å². The van der Waals surface area contributed by atoms with Crippen LogP contribution in [0.15, 0.2) is 56.4 Å². The molecule has 9 heteroatoms. The van der Waals surface area contributed by atoms with Gasteiger partial charge in [0, 0.05) is 16.1 Å². The molecule has 136 valence electrons. The van der Waals surface area contributed by atoms with Crippen molar-refractivity contribution >= 4 is 31.6 Å². The zero-order chi connectivity index (χ0) is 18.9. The Morgan fingerprint density at radius 2 is 1.96 bits per heavy atom. The lowest BCUT2D eigenvalue weighted by molar-refractivity contribution is 0.401. The molecule has 1 heterocycles. The van der Waals surface area contributed by atoms with Gasteiger partial charge in [-0.1, -0.05) is 21.1 Å². The molecule has 1 aromatic heterocycles. The molecule has 0 saturated carbocycles. The number of nitrogens with zero attached hydrogens (tertiary/aromatic N) is 1. The predicted molar refractivity (Wildman–Crippen MR) is 98.1 cm³/mol. The molecule has 0 aliphatic carbocycles. The van der Waals surface area contributed by atoms with Crippen molar-refractivity contribution in [3.8, 4) is 17.1 Å². The second-order valence-corrected chi connectivity index (χ2v) is 7.99. The molecule has 26 heavy (non-hydrogen) atoms. The van der Waals surface area contributed by atoms with E-state index in [2.05, 4.69) is 25.8 Å². The van der Waals surface area contributed by atoms with E-state index >= 15 is 0 Å². The van der Waals surface area contributed by atoms with Crippen molar-refractivity contribution in [3.05, 3.63) is 58.4 Å². The van der Waals surface area contributed by atoms with Crippen molar-refractivity contribution in [2.45, 2.75) is 11.8 Å². The standard InChI is InChI=1S/C17H14BrFN2O4S/c1-10-7-15(25-20-10)11-3-6-17(16(8-11)24-2)26(22,23)21-14-5-4-12(18)9-13(14)19/h3-9,21H,1-2H3. The first-order valence-corrected chi connectivity index (χ1v) is 9.67. The molecule has 0 aliphatic rings. The largest absolute Gasteiger partial charge is 0.495 e. The fourth-order valence-corrected chi connectivity index (χ4v) is 3.87. The van der Waals surface area contributed by atoms with Crippen LogP contribution in [0.4, 0.5) is 10.1 Å². The van der Waals surface area contributed by atoms with Crippen LogP contribution in [0.2, 0.25) is 0 Å². The first-order chi connectivity index (χ1) is 12.3. The number of anilines is 1. The highest BCUT2D eigenvalue weighted by atomic mass is 79.9. The third-order valence-electron chi connectivity index (χ3n) is 3.54. The zero-order valence-corrected chi connectivity index (χ0v) is 16.2. The van der Waals surface area contributed by atoms with Crippen molar-refractivity contribution in [2.75, 3.05) is 11.8 Å². The average molecular weight is 441 g/mol. The van der Waals surface area contributed by atoms with Gasteiger partial charge < -0.3 is 9.26 Å². The van der Waals surface area contributed by atoms with Crippen LogP contribution in [0.25, 0.3) is 11.3 Å². The van der Waals surface area contributed by atoms with Gasteiger partial charge in [0.25, 0.3) is 10.0 Å². The number of rotatable bonds is 5. The number of ether oxygens (including phenoxy) is 1. The summed E-state index contributed by atoms with van der Waals surface area (Å²) in [7, 11) is -2.71. The predicted octanol–water partition coefficient (Wildman–Crippen LogP) is 4.36. The number of hydrogen-bond acceptors (Lipinski definition) is 5. The van der Waals surface area contributed by atoms with Crippen molar-refractivity contribution in [1.82, 2.24) is 5.16 Å². The van der Waals surface area contributed by atoms with E-state index in [9.17, 15) is 12.8 Å². The maximum absolute atomic E-state index is 14.0. The Balaban J connectivity index is 1.99. The maximum Gasteiger partial charge on any atom is 0.265 e. The number of aryl methyl sites for hydroxylation is 1. The van der Waals surface area contributed by atoms with E-state index < -0.39 is 15.8 Å². The summed E-state index contributed by atoms with van der Waals surface area (Å²) in [5.74, 6) is -0.117. The van der Waals surface area contributed by atoms with Gasteiger partial charge in [-0.15, -0.1) is 0 Å². The summed E-state index contributed by atoms with van der Waals surface area (Å²) in [5, 5.41) is 3.80. The van der Waals surface area contributed by atoms with E-state index in [0.717, 1.165) is 0 Å². The van der Waals surface area contributed by atoms with Crippen LogP contribution in [0.3, 0.4) is 0 Å². The van der Waals surface area contributed by atoms with Gasteiger partial charge in [0.2, 0.25) is 0 Å². The third-order valence-corrected chi connectivity index (χ3v) is 5.44. The Bertz CT molecular complexity index is 1070. The molecular weight excluding hydrogens is 427 g/mol. The van der Waals surface area contributed by atoms with Crippen LogP contribution >= 0.6 is 15.9 Å². The van der Waals surface area contributed by atoms with Gasteiger partial charge in [0.1, 0.15) is 16.5 Å². The summed E-state index contributed by atoms with van der Waals surface area (Å²) >= 11 is 3.12. The van der Waals surface area contributed by atoms with Crippen molar-refractivity contribution < 1.29 is 22.1 Å². The Morgan fingerprint density at radius 3 is 2.58 bits per heavy atom. The normalized spacial score (nSPS) is 11.4. The molecule has 0 spiro atoms. The summed E-state index contributed by atoms with van der Waals surface area (Å²) in [5.41, 5.74) is 1.14. The van der Waals surface area contributed by atoms with Gasteiger partial charge >= 0.3 is 0 Å². The lowest BCUT2D eigenvalue weighted by Gasteiger charge is -2.13. The highest BCUT2D eigenvalue weighted by Gasteiger charge is 2.22. The second kappa shape index (κ2) is 7.08. The summed E-state index contributed by atoms with van der Waals surface area (Å²) < 4.78 is 52.4. The van der Waals surface area contributed by atoms with E-state index in [1.54, 1.807) is 19.1 Å². The van der Waals surface area contributed by atoms with Crippen LogP contribution in [-0.4, -0.2) is 20.7 Å². The van der Waals surface area contributed by atoms with Crippen LogP contribution < -0.4 is 9.46 Å². The second-order valence-electron chi connectivity index (χ2n) is 5.43. The van der Waals surface area contributed by atoms with Gasteiger partial charge in [-0.25, -0.2) is 12.8 Å². The smallest absolute Gasteiger partial charge is 0.265 e. The van der Waals surface area contributed by atoms with Crippen molar-refractivity contribution in [2.24, 2.45) is 0 Å². The average Bonchev–Trinajstić information content (AvgIpc) is 3.03. The highest BCUT2D eigenvalue weighted by Crippen LogP contribution is 2.32. The molecule has 1 N–H and O–H groups in total. The van der Waals surface area contributed by atoms with Gasteiger partial charge in [0.05, 0.1) is 18.5 Å². The number of halogens is 2. The molecular formula is C17H14BrFN2O4S. The van der Waals surface area contributed by atoms with E-state index in [1.807, 2.05) is 0 Å². The van der Waals surface area contributed by atoms with Crippen molar-refractivity contribution in [3.63, 3.8) is 0 Å². The topological polar surface area (TPSA) is 81.4 Å². The molecule has 0 fully saturated rings. The summed E-state index contributed by atoms with van der Waals surface area (Å²) in [6.07, 6.45) is 0. The molecule has 0 aliphatic heterocycles. The van der Waals surface area contributed by atoms with Crippen LogP contribution in [0.5, 0.6) is 5.75 Å². The van der Waals surface area contributed by atoms with Gasteiger partial charge in [-0.2, -0.15) is 0 Å². The van der Waals surface area contributed by atoms with E-state index in [-0.39, 0.29) is 16.3 Å².